The van der Waals surface area contributed by atoms with Crippen LogP contribution in [0.3, 0.4) is 0 Å². The molecule has 1 rings (SSSR count). The Balaban J connectivity index is 2.23. The van der Waals surface area contributed by atoms with E-state index in [0.29, 0.717) is 23.4 Å². The Morgan fingerprint density at radius 3 is 2.76 bits per heavy atom. The Labute approximate surface area is 106 Å². The van der Waals surface area contributed by atoms with E-state index in [-0.39, 0.29) is 5.91 Å². The highest BCUT2D eigenvalue weighted by molar-refractivity contribution is 6.29. The fourth-order valence-corrected chi connectivity index (χ4v) is 1.33. The van der Waals surface area contributed by atoms with Crippen molar-refractivity contribution in [3.05, 3.63) is 17.3 Å². The third-order valence-corrected chi connectivity index (χ3v) is 2.23. The number of nitrogens with zero attached hydrogens (tertiary/aromatic N) is 2. The molecule has 0 radical (unpaired) electrons. The van der Waals surface area contributed by atoms with Crippen molar-refractivity contribution in [3.63, 3.8) is 0 Å². The molecule has 1 amide bonds. The van der Waals surface area contributed by atoms with Gasteiger partial charge in [0.2, 0.25) is 5.91 Å². The lowest BCUT2D eigenvalue weighted by atomic mass is 10.2. The van der Waals surface area contributed by atoms with E-state index in [9.17, 15) is 4.79 Å². The second-order valence-electron chi connectivity index (χ2n) is 4.00. The SMILES string of the molecule is CC(C)NCCCC(=O)Nc1ccc(Cl)nn1. The van der Waals surface area contributed by atoms with Crippen molar-refractivity contribution in [2.45, 2.75) is 32.7 Å². The second kappa shape index (κ2) is 7.19. The highest BCUT2D eigenvalue weighted by Gasteiger charge is 2.03. The molecule has 6 heteroatoms. The topological polar surface area (TPSA) is 66.9 Å². The third-order valence-electron chi connectivity index (χ3n) is 2.03. The number of nitrogens with one attached hydrogen (secondary N) is 2. The van der Waals surface area contributed by atoms with Crippen molar-refractivity contribution in [1.29, 1.82) is 0 Å². The van der Waals surface area contributed by atoms with Crippen molar-refractivity contribution in [3.8, 4) is 0 Å². The van der Waals surface area contributed by atoms with Crippen LogP contribution >= 0.6 is 11.6 Å². The summed E-state index contributed by atoms with van der Waals surface area (Å²) < 4.78 is 0. The first-order valence-corrected chi connectivity index (χ1v) is 5.98. The number of halogens is 1. The summed E-state index contributed by atoms with van der Waals surface area (Å²) in [6, 6.07) is 3.66. The summed E-state index contributed by atoms with van der Waals surface area (Å²) in [6.45, 7) is 4.98. The molecule has 1 aromatic rings. The molecule has 0 aliphatic carbocycles. The molecule has 0 aliphatic rings. The summed E-state index contributed by atoms with van der Waals surface area (Å²) in [7, 11) is 0. The third kappa shape index (κ3) is 6.19. The van der Waals surface area contributed by atoms with Crippen LogP contribution in [-0.4, -0.2) is 28.7 Å². The van der Waals surface area contributed by atoms with Gasteiger partial charge >= 0.3 is 0 Å². The van der Waals surface area contributed by atoms with Crippen LogP contribution in [0.15, 0.2) is 12.1 Å². The van der Waals surface area contributed by atoms with Crippen LogP contribution in [0.5, 0.6) is 0 Å². The molecule has 0 saturated heterocycles. The van der Waals surface area contributed by atoms with Crippen LogP contribution in [0.2, 0.25) is 5.15 Å². The number of anilines is 1. The Bertz CT molecular complexity index is 353. The van der Waals surface area contributed by atoms with E-state index in [1.54, 1.807) is 12.1 Å². The quantitative estimate of drug-likeness (QED) is 0.763. The smallest absolute Gasteiger partial charge is 0.225 e. The zero-order chi connectivity index (χ0) is 12.7. The van der Waals surface area contributed by atoms with Gasteiger partial charge in [0.25, 0.3) is 0 Å². The van der Waals surface area contributed by atoms with Crippen molar-refractivity contribution < 1.29 is 4.79 Å². The Morgan fingerprint density at radius 1 is 1.41 bits per heavy atom. The molecule has 0 unspecified atom stereocenters. The summed E-state index contributed by atoms with van der Waals surface area (Å²) in [5.41, 5.74) is 0. The van der Waals surface area contributed by atoms with Crippen molar-refractivity contribution in [2.24, 2.45) is 0 Å². The van der Waals surface area contributed by atoms with Crippen molar-refractivity contribution in [2.75, 3.05) is 11.9 Å². The van der Waals surface area contributed by atoms with Crippen molar-refractivity contribution >= 4 is 23.3 Å². The zero-order valence-electron chi connectivity index (χ0n) is 10.0. The average molecular weight is 257 g/mol. The first kappa shape index (κ1) is 13.9. The van der Waals surface area contributed by atoms with Crippen LogP contribution in [0.1, 0.15) is 26.7 Å². The molecule has 5 nitrogen and oxygen atoms in total. The van der Waals surface area contributed by atoms with E-state index in [1.807, 2.05) is 0 Å². The minimum Gasteiger partial charge on any atom is -0.315 e. The lowest BCUT2D eigenvalue weighted by Crippen LogP contribution is -2.24. The highest BCUT2D eigenvalue weighted by Crippen LogP contribution is 2.06. The molecule has 0 spiro atoms. The van der Waals surface area contributed by atoms with E-state index < -0.39 is 0 Å². The number of amides is 1. The van der Waals surface area contributed by atoms with Gasteiger partial charge in [-0.1, -0.05) is 25.4 Å². The van der Waals surface area contributed by atoms with Gasteiger partial charge in [-0.05, 0) is 25.1 Å². The molecule has 2 N–H and O–H groups in total. The maximum absolute atomic E-state index is 11.5. The molecule has 0 aliphatic heterocycles. The molecule has 94 valence electrons. The van der Waals surface area contributed by atoms with Crippen LogP contribution in [0, 0.1) is 0 Å². The summed E-state index contributed by atoms with van der Waals surface area (Å²) in [5.74, 6) is 0.364. The van der Waals surface area contributed by atoms with Crippen LogP contribution < -0.4 is 10.6 Å². The molecule has 1 aromatic heterocycles. The van der Waals surface area contributed by atoms with Gasteiger partial charge in [-0.2, -0.15) is 0 Å². The predicted molar refractivity (Wildman–Crippen MR) is 68.0 cm³/mol. The maximum atomic E-state index is 11.5. The monoisotopic (exact) mass is 256 g/mol. The van der Waals surface area contributed by atoms with Gasteiger partial charge in [0.1, 0.15) is 0 Å². The average Bonchev–Trinajstić information content (AvgIpc) is 2.27. The lowest BCUT2D eigenvalue weighted by Gasteiger charge is -2.07. The normalized spacial score (nSPS) is 10.6. The number of aromatic nitrogens is 2. The Morgan fingerprint density at radius 2 is 2.18 bits per heavy atom. The molecule has 0 aromatic carbocycles. The molecule has 1 heterocycles. The van der Waals surface area contributed by atoms with E-state index in [1.165, 1.54) is 0 Å². The maximum Gasteiger partial charge on any atom is 0.225 e. The summed E-state index contributed by atoms with van der Waals surface area (Å²) in [4.78, 5) is 11.5. The largest absolute Gasteiger partial charge is 0.315 e. The van der Waals surface area contributed by atoms with Gasteiger partial charge in [0, 0.05) is 12.5 Å². The van der Waals surface area contributed by atoms with Crippen LogP contribution in [0.25, 0.3) is 0 Å². The zero-order valence-corrected chi connectivity index (χ0v) is 10.8. The molecule has 0 fully saturated rings. The lowest BCUT2D eigenvalue weighted by molar-refractivity contribution is -0.116. The molecular formula is C11H17ClN4O. The first-order chi connectivity index (χ1) is 8.08. The van der Waals surface area contributed by atoms with E-state index in [4.69, 9.17) is 11.6 Å². The van der Waals surface area contributed by atoms with Gasteiger partial charge in [-0.15, -0.1) is 10.2 Å². The summed E-state index contributed by atoms with van der Waals surface area (Å²) in [5, 5.41) is 13.6. The number of hydrogen-bond acceptors (Lipinski definition) is 4. The van der Waals surface area contributed by atoms with Gasteiger partial charge < -0.3 is 10.6 Å². The fourth-order valence-electron chi connectivity index (χ4n) is 1.23. The van der Waals surface area contributed by atoms with Crippen LogP contribution in [0.4, 0.5) is 5.82 Å². The van der Waals surface area contributed by atoms with Gasteiger partial charge in [0.05, 0.1) is 0 Å². The first-order valence-electron chi connectivity index (χ1n) is 5.60. The number of carbonyl (C=O) groups is 1. The molecule has 0 bridgehead atoms. The minimum absolute atomic E-state index is 0.0628. The Kier molecular flexibility index (Phi) is 5.86. The highest BCUT2D eigenvalue weighted by atomic mass is 35.5. The summed E-state index contributed by atoms with van der Waals surface area (Å²) in [6.07, 6.45) is 1.26. The fraction of sp³-hybridized carbons (Fsp3) is 0.545. The predicted octanol–water partition coefficient (Wildman–Crippen LogP) is 1.85. The molecule has 17 heavy (non-hydrogen) atoms. The van der Waals surface area contributed by atoms with Crippen molar-refractivity contribution in [1.82, 2.24) is 15.5 Å². The van der Waals surface area contributed by atoms with E-state index in [0.717, 1.165) is 13.0 Å². The van der Waals surface area contributed by atoms with E-state index in [2.05, 4.69) is 34.7 Å². The van der Waals surface area contributed by atoms with Crippen LogP contribution in [-0.2, 0) is 4.79 Å². The number of hydrogen-bond donors (Lipinski definition) is 2. The van der Waals surface area contributed by atoms with Gasteiger partial charge in [-0.25, -0.2) is 0 Å². The summed E-state index contributed by atoms with van der Waals surface area (Å²) >= 11 is 5.59. The minimum atomic E-state index is -0.0628. The Hall–Kier alpha value is -1.20. The van der Waals surface area contributed by atoms with E-state index >= 15 is 0 Å². The molecule has 0 atom stereocenters. The molecule has 0 saturated carbocycles. The molecular weight excluding hydrogens is 240 g/mol. The second-order valence-corrected chi connectivity index (χ2v) is 4.39. The van der Waals surface area contributed by atoms with Gasteiger partial charge in [-0.3, -0.25) is 4.79 Å². The number of carbonyl (C=O) groups excluding carboxylic acids is 1. The number of rotatable bonds is 6. The van der Waals surface area contributed by atoms with Gasteiger partial charge in [0.15, 0.2) is 11.0 Å². The standard InChI is InChI=1S/C11H17ClN4O/c1-8(2)13-7-3-4-11(17)14-10-6-5-9(12)15-16-10/h5-6,8,13H,3-4,7H2,1-2H3,(H,14,16,17).